The van der Waals surface area contributed by atoms with Crippen molar-refractivity contribution in [1.29, 1.82) is 0 Å². The minimum Gasteiger partial charge on any atom is -1.00 e. The van der Waals surface area contributed by atoms with E-state index in [-0.39, 0.29) is 12.4 Å². The van der Waals surface area contributed by atoms with Gasteiger partial charge in [-0.2, -0.15) is 0 Å². The number of rotatable bonds is 4. The minimum atomic E-state index is 0. The summed E-state index contributed by atoms with van der Waals surface area (Å²) in [5.41, 5.74) is 1.23. The molecule has 0 saturated carbocycles. The number of aromatic nitrogens is 4. The standard InChI is InChI=1S/C13H17N5.ClH/c1-2-6-12(7-3-1)10-18-13(14-15-16-18)11-17-8-4-5-9-17;/h1-3,6-7H,4-5,8-11H2;1H/p-1. The van der Waals surface area contributed by atoms with Crippen LogP contribution in [0.1, 0.15) is 24.2 Å². The summed E-state index contributed by atoms with van der Waals surface area (Å²) >= 11 is 0. The van der Waals surface area contributed by atoms with Gasteiger partial charge in [0.2, 0.25) is 0 Å². The zero-order valence-corrected chi connectivity index (χ0v) is 11.5. The van der Waals surface area contributed by atoms with Gasteiger partial charge in [0.15, 0.2) is 5.82 Å². The van der Waals surface area contributed by atoms with Crippen LogP contribution in [0.3, 0.4) is 0 Å². The molecule has 1 saturated heterocycles. The summed E-state index contributed by atoms with van der Waals surface area (Å²) in [5.74, 6) is 0.959. The molecule has 1 aliphatic heterocycles. The summed E-state index contributed by atoms with van der Waals surface area (Å²) in [4.78, 5) is 2.41. The molecule has 0 bridgehead atoms. The molecule has 1 aliphatic rings. The predicted octanol–water partition coefficient (Wildman–Crippen LogP) is -1.68. The van der Waals surface area contributed by atoms with Gasteiger partial charge in [0.05, 0.1) is 13.1 Å². The van der Waals surface area contributed by atoms with Crippen molar-refractivity contribution in [2.45, 2.75) is 25.9 Å². The second-order valence-electron chi connectivity index (χ2n) is 4.72. The average Bonchev–Trinajstić information content (AvgIpc) is 3.04. The lowest BCUT2D eigenvalue weighted by Gasteiger charge is -2.13. The lowest BCUT2D eigenvalue weighted by molar-refractivity contribution is -0.00000390. The first-order valence-corrected chi connectivity index (χ1v) is 6.43. The maximum absolute atomic E-state index is 4.14. The van der Waals surface area contributed by atoms with Gasteiger partial charge in [-0.25, -0.2) is 4.68 Å². The van der Waals surface area contributed by atoms with Gasteiger partial charge in [-0.3, -0.25) is 4.90 Å². The number of likely N-dealkylation sites (tertiary alicyclic amines) is 1. The smallest absolute Gasteiger partial charge is 0.165 e. The molecule has 3 rings (SSSR count). The topological polar surface area (TPSA) is 46.8 Å². The third kappa shape index (κ3) is 3.52. The van der Waals surface area contributed by atoms with Crippen molar-refractivity contribution in [3.63, 3.8) is 0 Å². The van der Waals surface area contributed by atoms with Crippen LogP contribution in [0.4, 0.5) is 0 Å². The van der Waals surface area contributed by atoms with Crippen LogP contribution in [0.2, 0.25) is 0 Å². The SMILES string of the molecule is [Cl-].c1ccc(Cn2nnnc2CN2CCCC2)cc1. The molecule has 1 fully saturated rings. The van der Waals surface area contributed by atoms with Crippen molar-refractivity contribution in [2.75, 3.05) is 13.1 Å². The highest BCUT2D eigenvalue weighted by molar-refractivity contribution is 5.14. The quantitative estimate of drug-likeness (QED) is 0.670. The van der Waals surface area contributed by atoms with Gasteiger partial charge < -0.3 is 12.4 Å². The maximum atomic E-state index is 4.14. The molecule has 1 aromatic heterocycles. The van der Waals surface area contributed by atoms with E-state index < -0.39 is 0 Å². The Morgan fingerprint density at radius 1 is 1.00 bits per heavy atom. The molecule has 2 aromatic rings. The first-order chi connectivity index (χ1) is 8.92. The molecule has 0 radical (unpaired) electrons. The Hall–Kier alpha value is -1.46. The number of halogens is 1. The van der Waals surface area contributed by atoms with Crippen LogP contribution in [0, 0.1) is 0 Å². The molecule has 0 spiro atoms. The van der Waals surface area contributed by atoms with Crippen LogP contribution >= 0.6 is 0 Å². The molecule has 2 heterocycles. The zero-order valence-electron chi connectivity index (χ0n) is 10.7. The Bertz CT molecular complexity index is 493. The maximum Gasteiger partial charge on any atom is 0.165 e. The molecule has 0 atom stereocenters. The molecule has 19 heavy (non-hydrogen) atoms. The number of hydrogen-bond acceptors (Lipinski definition) is 4. The molecule has 6 heteroatoms. The van der Waals surface area contributed by atoms with E-state index in [1.807, 2.05) is 22.9 Å². The van der Waals surface area contributed by atoms with Gasteiger partial charge in [-0.15, -0.1) is 5.10 Å². The van der Waals surface area contributed by atoms with Crippen LogP contribution in [-0.2, 0) is 13.1 Å². The molecule has 102 valence electrons. The van der Waals surface area contributed by atoms with Crippen molar-refractivity contribution in [1.82, 2.24) is 25.1 Å². The van der Waals surface area contributed by atoms with E-state index in [0.717, 1.165) is 32.0 Å². The summed E-state index contributed by atoms with van der Waals surface area (Å²) in [6.45, 7) is 3.94. The van der Waals surface area contributed by atoms with E-state index in [2.05, 4.69) is 32.6 Å². The van der Waals surface area contributed by atoms with Crippen LogP contribution in [0.5, 0.6) is 0 Å². The number of hydrogen-bond donors (Lipinski definition) is 0. The molecule has 0 aliphatic carbocycles. The van der Waals surface area contributed by atoms with E-state index in [4.69, 9.17) is 0 Å². The lowest BCUT2D eigenvalue weighted by Crippen LogP contribution is -3.00. The second-order valence-corrected chi connectivity index (χ2v) is 4.72. The van der Waals surface area contributed by atoms with Gasteiger partial charge in [0, 0.05) is 0 Å². The van der Waals surface area contributed by atoms with Crippen molar-refractivity contribution >= 4 is 0 Å². The van der Waals surface area contributed by atoms with Gasteiger partial charge >= 0.3 is 0 Å². The van der Waals surface area contributed by atoms with Crippen LogP contribution < -0.4 is 12.4 Å². The van der Waals surface area contributed by atoms with Crippen LogP contribution in [0.15, 0.2) is 30.3 Å². The monoisotopic (exact) mass is 278 g/mol. The van der Waals surface area contributed by atoms with E-state index >= 15 is 0 Å². The highest BCUT2D eigenvalue weighted by Crippen LogP contribution is 2.11. The fourth-order valence-electron chi connectivity index (χ4n) is 2.36. The number of tetrazole rings is 1. The van der Waals surface area contributed by atoms with Gasteiger partial charge in [-0.05, 0) is 41.9 Å². The number of nitrogens with zero attached hydrogens (tertiary/aromatic N) is 5. The second kappa shape index (κ2) is 6.63. The molecule has 0 amide bonds. The summed E-state index contributed by atoms with van der Waals surface area (Å²) in [6, 6.07) is 10.3. The number of benzene rings is 1. The van der Waals surface area contributed by atoms with Crippen LogP contribution in [-0.4, -0.2) is 38.2 Å². The van der Waals surface area contributed by atoms with Crippen LogP contribution in [0.25, 0.3) is 0 Å². The minimum absolute atomic E-state index is 0. The fourth-order valence-corrected chi connectivity index (χ4v) is 2.36. The normalized spacial score (nSPS) is 15.4. The van der Waals surface area contributed by atoms with Crippen molar-refractivity contribution < 1.29 is 12.4 Å². The Morgan fingerprint density at radius 3 is 2.47 bits per heavy atom. The molecule has 0 unspecified atom stereocenters. The molecular formula is C13H17ClN5-. The van der Waals surface area contributed by atoms with Gasteiger partial charge in [0.25, 0.3) is 0 Å². The highest BCUT2D eigenvalue weighted by Gasteiger charge is 2.15. The molecule has 0 N–H and O–H groups in total. The van der Waals surface area contributed by atoms with E-state index in [0.29, 0.717) is 0 Å². The summed E-state index contributed by atoms with van der Waals surface area (Å²) in [7, 11) is 0. The summed E-state index contributed by atoms with van der Waals surface area (Å²) in [5, 5.41) is 12.0. The molecule has 5 nitrogen and oxygen atoms in total. The van der Waals surface area contributed by atoms with Crippen molar-refractivity contribution in [2.24, 2.45) is 0 Å². The van der Waals surface area contributed by atoms with Crippen molar-refractivity contribution in [3.8, 4) is 0 Å². The lowest BCUT2D eigenvalue weighted by atomic mass is 10.2. The Labute approximate surface area is 119 Å². The largest absolute Gasteiger partial charge is 1.00 e. The molecule has 1 aromatic carbocycles. The fraction of sp³-hybridized carbons (Fsp3) is 0.462. The first kappa shape index (κ1) is 14.0. The van der Waals surface area contributed by atoms with E-state index in [1.165, 1.54) is 18.4 Å². The Balaban J connectivity index is 0.00000133. The zero-order chi connectivity index (χ0) is 12.2. The summed E-state index contributed by atoms with van der Waals surface area (Å²) < 4.78 is 1.90. The van der Waals surface area contributed by atoms with E-state index in [1.54, 1.807) is 0 Å². The first-order valence-electron chi connectivity index (χ1n) is 6.43. The van der Waals surface area contributed by atoms with Gasteiger partial charge in [-0.1, -0.05) is 30.3 Å². The van der Waals surface area contributed by atoms with E-state index in [9.17, 15) is 0 Å². The summed E-state index contributed by atoms with van der Waals surface area (Å²) in [6.07, 6.45) is 2.58. The highest BCUT2D eigenvalue weighted by atomic mass is 35.5. The average molecular weight is 279 g/mol. The Kier molecular flexibility index (Phi) is 4.87. The third-order valence-electron chi connectivity index (χ3n) is 3.34. The van der Waals surface area contributed by atoms with Crippen molar-refractivity contribution in [3.05, 3.63) is 41.7 Å². The van der Waals surface area contributed by atoms with Gasteiger partial charge in [0.1, 0.15) is 0 Å². The Morgan fingerprint density at radius 2 is 1.74 bits per heavy atom. The third-order valence-corrected chi connectivity index (χ3v) is 3.34. The predicted molar refractivity (Wildman–Crippen MR) is 67.9 cm³/mol. The molecular weight excluding hydrogens is 262 g/mol.